The van der Waals surface area contributed by atoms with Crippen molar-refractivity contribution < 1.29 is 22.9 Å². The zero-order valence-corrected chi connectivity index (χ0v) is 20.3. The molecule has 0 radical (unpaired) electrons. The van der Waals surface area contributed by atoms with Crippen LogP contribution in [-0.4, -0.2) is 32.9 Å². The van der Waals surface area contributed by atoms with Gasteiger partial charge < -0.3 is 10.1 Å². The van der Waals surface area contributed by atoms with Crippen molar-refractivity contribution in [2.75, 3.05) is 23.3 Å². The number of nitro benzene ring substituents is 1. The van der Waals surface area contributed by atoms with Gasteiger partial charge in [0.15, 0.2) is 0 Å². The number of para-hydroxylation sites is 2. The van der Waals surface area contributed by atoms with E-state index in [4.69, 9.17) is 27.9 Å². The Morgan fingerprint density at radius 3 is 2.44 bits per heavy atom. The minimum absolute atomic E-state index is 0.0399. The second kappa shape index (κ2) is 10.3. The Labute approximate surface area is 206 Å². The maximum atomic E-state index is 13.7. The molecule has 3 rings (SSSR count). The number of carbonyl (C=O) groups is 1. The Morgan fingerprint density at radius 2 is 1.76 bits per heavy atom. The quantitative estimate of drug-likeness (QED) is 0.325. The number of carbonyl (C=O) groups excluding carboxylic acids is 1. The van der Waals surface area contributed by atoms with Crippen molar-refractivity contribution in [1.82, 2.24) is 0 Å². The van der Waals surface area contributed by atoms with E-state index in [1.165, 1.54) is 19.2 Å². The van der Waals surface area contributed by atoms with E-state index in [0.29, 0.717) is 5.69 Å². The zero-order chi connectivity index (χ0) is 25.0. The number of methoxy groups -OCH3 is 1. The Kier molecular flexibility index (Phi) is 7.65. The summed E-state index contributed by atoms with van der Waals surface area (Å²) >= 11 is 12.3. The second-order valence-electron chi connectivity index (χ2n) is 7.09. The van der Waals surface area contributed by atoms with E-state index in [-0.39, 0.29) is 21.5 Å². The van der Waals surface area contributed by atoms with Crippen LogP contribution >= 0.6 is 23.2 Å². The Morgan fingerprint density at radius 1 is 1.09 bits per heavy atom. The van der Waals surface area contributed by atoms with Crippen molar-refractivity contribution >= 4 is 56.2 Å². The molecule has 0 saturated carbocycles. The van der Waals surface area contributed by atoms with Gasteiger partial charge in [0.05, 0.1) is 33.5 Å². The van der Waals surface area contributed by atoms with E-state index < -0.39 is 38.0 Å². The lowest BCUT2D eigenvalue weighted by atomic mass is 10.2. The third-order valence-corrected chi connectivity index (χ3v) is 7.30. The second-order valence-corrected chi connectivity index (χ2v) is 9.73. The number of anilines is 2. The van der Waals surface area contributed by atoms with E-state index in [0.717, 1.165) is 28.1 Å². The van der Waals surface area contributed by atoms with Gasteiger partial charge >= 0.3 is 0 Å². The van der Waals surface area contributed by atoms with E-state index in [2.05, 4.69) is 5.32 Å². The number of amides is 1. The molecule has 0 fully saturated rings. The molecular weight excluding hydrogens is 505 g/mol. The molecule has 0 bridgehead atoms. The first kappa shape index (κ1) is 25.3. The van der Waals surface area contributed by atoms with Crippen LogP contribution in [0.1, 0.15) is 5.56 Å². The molecule has 0 atom stereocenters. The smallest absolute Gasteiger partial charge is 0.270 e. The number of nitrogens with zero attached hydrogens (tertiary/aromatic N) is 2. The number of aryl methyl sites for hydroxylation is 1. The van der Waals surface area contributed by atoms with Gasteiger partial charge in [0.1, 0.15) is 17.2 Å². The molecule has 34 heavy (non-hydrogen) atoms. The average Bonchev–Trinajstić information content (AvgIpc) is 2.79. The van der Waals surface area contributed by atoms with E-state index in [1.807, 2.05) is 6.92 Å². The fraction of sp³-hybridized carbons (Fsp3) is 0.136. The van der Waals surface area contributed by atoms with Crippen LogP contribution in [0, 0.1) is 17.0 Å². The van der Waals surface area contributed by atoms with Crippen LogP contribution in [0.15, 0.2) is 65.6 Å². The molecule has 9 nitrogen and oxygen atoms in total. The van der Waals surface area contributed by atoms with Gasteiger partial charge in [-0.25, -0.2) is 8.42 Å². The third-order valence-electron chi connectivity index (χ3n) is 4.73. The van der Waals surface area contributed by atoms with Gasteiger partial charge in [-0.15, -0.1) is 0 Å². The van der Waals surface area contributed by atoms with E-state index >= 15 is 0 Å². The first-order chi connectivity index (χ1) is 16.0. The number of benzene rings is 3. The monoisotopic (exact) mass is 523 g/mol. The summed E-state index contributed by atoms with van der Waals surface area (Å²) in [5, 5.41) is 13.9. The van der Waals surface area contributed by atoms with Crippen LogP contribution in [0.3, 0.4) is 0 Å². The molecule has 1 amide bonds. The number of ether oxygens (including phenoxy) is 1. The molecule has 1 N–H and O–H groups in total. The molecule has 0 aliphatic carbocycles. The van der Waals surface area contributed by atoms with Crippen LogP contribution in [0.5, 0.6) is 5.75 Å². The highest BCUT2D eigenvalue weighted by Gasteiger charge is 2.32. The number of nitro groups is 1. The number of non-ortho nitro benzene ring substituents is 1. The Bertz CT molecular complexity index is 1360. The molecule has 0 aromatic heterocycles. The molecule has 0 spiro atoms. The van der Waals surface area contributed by atoms with Gasteiger partial charge in [-0.3, -0.25) is 19.2 Å². The summed E-state index contributed by atoms with van der Waals surface area (Å²) in [4.78, 5) is 22.9. The summed E-state index contributed by atoms with van der Waals surface area (Å²) in [5.41, 5.74) is 0.701. The lowest BCUT2D eigenvalue weighted by molar-refractivity contribution is -0.385. The summed E-state index contributed by atoms with van der Waals surface area (Å²) < 4.78 is 33.4. The van der Waals surface area contributed by atoms with Gasteiger partial charge in [0.2, 0.25) is 5.91 Å². The lowest BCUT2D eigenvalue weighted by Gasteiger charge is -2.26. The highest BCUT2D eigenvalue weighted by atomic mass is 35.5. The summed E-state index contributed by atoms with van der Waals surface area (Å²) in [7, 11) is -3.21. The fourth-order valence-electron chi connectivity index (χ4n) is 3.11. The molecule has 3 aromatic carbocycles. The fourth-order valence-corrected chi connectivity index (χ4v) is 5.21. The summed E-state index contributed by atoms with van der Waals surface area (Å²) in [6.45, 7) is 1.12. The van der Waals surface area contributed by atoms with Gasteiger partial charge in [-0.2, -0.15) is 0 Å². The normalized spacial score (nSPS) is 11.1. The van der Waals surface area contributed by atoms with Crippen LogP contribution in [0.4, 0.5) is 17.1 Å². The first-order valence-corrected chi connectivity index (χ1v) is 11.9. The Hall–Kier alpha value is -3.34. The lowest BCUT2D eigenvalue weighted by Crippen LogP contribution is -2.38. The maximum Gasteiger partial charge on any atom is 0.270 e. The molecule has 0 aliphatic rings. The van der Waals surface area contributed by atoms with Crippen molar-refractivity contribution in [1.29, 1.82) is 0 Å². The largest absolute Gasteiger partial charge is 0.495 e. The standard InChI is InChI=1S/C22H19Cl2N3O6S/c1-14-7-9-16(23)18(11-14)25-22(28)13-26(19-5-3-4-6-20(19)33-2)34(31,32)21-12-15(27(29)30)8-10-17(21)24/h3-12H,13H2,1-2H3,(H,25,28). The molecule has 0 saturated heterocycles. The third kappa shape index (κ3) is 5.41. The summed E-state index contributed by atoms with van der Waals surface area (Å²) in [6, 6.07) is 14.2. The van der Waals surface area contributed by atoms with E-state index in [1.54, 1.807) is 30.3 Å². The molecule has 12 heteroatoms. The van der Waals surface area contributed by atoms with Crippen molar-refractivity contribution in [3.8, 4) is 5.75 Å². The minimum atomic E-state index is -4.56. The van der Waals surface area contributed by atoms with Crippen LogP contribution in [0.2, 0.25) is 10.0 Å². The molecular formula is C22H19Cl2N3O6S. The average molecular weight is 524 g/mol. The minimum Gasteiger partial charge on any atom is -0.495 e. The highest BCUT2D eigenvalue weighted by Crippen LogP contribution is 2.35. The van der Waals surface area contributed by atoms with Crippen molar-refractivity contribution in [3.63, 3.8) is 0 Å². The van der Waals surface area contributed by atoms with Crippen LogP contribution in [0.25, 0.3) is 0 Å². The van der Waals surface area contributed by atoms with Crippen molar-refractivity contribution in [2.45, 2.75) is 11.8 Å². The zero-order valence-electron chi connectivity index (χ0n) is 18.0. The number of halogens is 2. The maximum absolute atomic E-state index is 13.7. The highest BCUT2D eigenvalue weighted by molar-refractivity contribution is 7.93. The SMILES string of the molecule is COc1ccccc1N(CC(=O)Nc1cc(C)ccc1Cl)S(=O)(=O)c1cc([N+](=O)[O-])ccc1Cl. The predicted molar refractivity (Wildman–Crippen MR) is 130 cm³/mol. The van der Waals surface area contributed by atoms with Gasteiger partial charge in [0, 0.05) is 12.1 Å². The molecule has 0 aliphatic heterocycles. The molecule has 3 aromatic rings. The van der Waals surface area contributed by atoms with Crippen LogP contribution < -0.4 is 14.4 Å². The summed E-state index contributed by atoms with van der Waals surface area (Å²) in [5.74, 6) is -0.544. The predicted octanol–water partition coefficient (Wildman–Crippen LogP) is 5.05. The van der Waals surface area contributed by atoms with Gasteiger partial charge in [0.25, 0.3) is 15.7 Å². The summed E-state index contributed by atoms with van der Waals surface area (Å²) in [6.07, 6.45) is 0. The van der Waals surface area contributed by atoms with Gasteiger partial charge in [-0.05, 0) is 42.8 Å². The number of nitrogens with one attached hydrogen (secondary N) is 1. The topological polar surface area (TPSA) is 119 Å². The van der Waals surface area contributed by atoms with Gasteiger partial charge in [-0.1, -0.05) is 41.4 Å². The molecule has 0 heterocycles. The first-order valence-electron chi connectivity index (χ1n) is 9.70. The molecule has 178 valence electrons. The Balaban J connectivity index is 2.09. The number of hydrogen-bond acceptors (Lipinski definition) is 6. The molecule has 0 unspecified atom stereocenters. The number of hydrogen-bond donors (Lipinski definition) is 1. The van der Waals surface area contributed by atoms with Crippen molar-refractivity contribution in [2.24, 2.45) is 0 Å². The van der Waals surface area contributed by atoms with Crippen molar-refractivity contribution in [3.05, 3.63) is 86.4 Å². The number of rotatable bonds is 8. The van der Waals surface area contributed by atoms with Crippen LogP contribution in [-0.2, 0) is 14.8 Å². The van der Waals surface area contributed by atoms with E-state index in [9.17, 15) is 23.3 Å². The number of sulfonamides is 1.